The molecular formula is C30H34ClN9O. The Bertz CT molecular complexity index is 1470. The number of benzene rings is 2. The number of rotatable bonds is 8. The maximum atomic E-state index is 12.4. The second kappa shape index (κ2) is 12.3. The van der Waals surface area contributed by atoms with E-state index in [9.17, 15) is 4.79 Å². The summed E-state index contributed by atoms with van der Waals surface area (Å²) in [6, 6.07) is 17.9. The van der Waals surface area contributed by atoms with Gasteiger partial charge in [0.1, 0.15) is 0 Å². The molecule has 4 aromatic rings. The molecule has 0 spiro atoms. The highest BCUT2D eigenvalue weighted by Crippen LogP contribution is 2.25. The number of carbonyl (C=O) groups is 1. The molecule has 2 aromatic heterocycles. The van der Waals surface area contributed by atoms with Crippen molar-refractivity contribution >= 4 is 40.5 Å². The monoisotopic (exact) mass is 571 g/mol. The second-order valence-electron chi connectivity index (χ2n) is 10.5. The van der Waals surface area contributed by atoms with Crippen molar-refractivity contribution in [1.82, 2.24) is 30.0 Å². The molecule has 2 aliphatic heterocycles. The van der Waals surface area contributed by atoms with E-state index in [-0.39, 0.29) is 11.9 Å². The maximum absolute atomic E-state index is 12.4. The zero-order valence-electron chi connectivity index (χ0n) is 23.1. The Kier molecular flexibility index (Phi) is 8.13. The third-order valence-electron chi connectivity index (χ3n) is 7.57. The molecule has 212 valence electrons. The lowest BCUT2D eigenvalue weighted by atomic mass is 10.1. The first-order chi connectivity index (χ1) is 20.0. The molecule has 2 saturated heterocycles. The minimum atomic E-state index is -0.104. The van der Waals surface area contributed by atoms with Crippen molar-refractivity contribution in [1.29, 1.82) is 0 Å². The zero-order chi connectivity index (χ0) is 28.2. The minimum absolute atomic E-state index is 0.0167. The number of piperazine rings is 1. The van der Waals surface area contributed by atoms with Gasteiger partial charge in [0.2, 0.25) is 11.9 Å². The SMILES string of the molecule is Cn1cc(Cl)c(CN2CCN(c3ccc(Nc4nccc(-c5ccc(NC(=O)[C@H]6CCCN6)cc5)n4)cc3)CC2)n1. The molecule has 41 heavy (non-hydrogen) atoms. The highest BCUT2D eigenvalue weighted by molar-refractivity contribution is 6.31. The normalized spacial score (nSPS) is 17.5. The Hall–Kier alpha value is -3.99. The minimum Gasteiger partial charge on any atom is -0.369 e. The van der Waals surface area contributed by atoms with Crippen LogP contribution in [0.15, 0.2) is 67.0 Å². The lowest BCUT2D eigenvalue weighted by Crippen LogP contribution is -2.46. The van der Waals surface area contributed by atoms with Crippen LogP contribution in [0.3, 0.4) is 0 Å². The molecule has 0 aliphatic carbocycles. The van der Waals surface area contributed by atoms with Gasteiger partial charge in [0.05, 0.1) is 22.5 Å². The predicted octanol–water partition coefficient (Wildman–Crippen LogP) is 4.29. The van der Waals surface area contributed by atoms with Crippen LogP contribution in [0.4, 0.5) is 23.0 Å². The van der Waals surface area contributed by atoms with Crippen molar-refractivity contribution < 1.29 is 4.79 Å². The van der Waals surface area contributed by atoms with Crippen LogP contribution in [-0.4, -0.2) is 69.3 Å². The summed E-state index contributed by atoms with van der Waals surface area (Å²) in [5.41, 5.74) is 5.58. The quantitative estimate of drug-likeness (QED) is 0.288. The topological polar surface area (TPSA) is 103 Å². The fraction of sp³-hybridized carbons (Fsp3) is 0.333. The zero-order valence-corrected chi connectivity index (χ0v) is 23.8. The van der Waals surface area contributed by atoms with E-state index in [1.54, 1.807) is 10.9 Å². The van der Waals surface area contributed by atoms with E-state index >= 15 is 0 Å². The molecule has 1 atom stereocenters. The molecule has 3 N–H and O–H groups in total. The number of hydrogen-bond acceptors (Lipinski definition) is 8. The molecule has 2 aromatic carbocycles. The van der Waals surface area contributed by atoms with Crippen molar-refractivity contribution in [3.05, 3.63) is 77.7 Å². The van der Waals surface area contributed by atoms with Crippen LogP contribution in [0.1, 0.15) is 18.5 Å². The summed E-state index contributed by atoms with van der Waals surface area (Å²) in [7, 11) is 1.90. The maximum Gasteiger partial charge on any atom is 0.241 e. The van der Waals surface area contributed by atoms with Crippen LogP contribution in [0.25, 0.3) is 11.3 Å². The number of aromatic nitrogens is 4. The Labute approximate surface area is 244 Å². The van der Waals surface area contributed by atoms with Gasteiger partial charge in [-0.25, -0.2) is 9.97 Å². The molecule has 0 bridgehead atoms. The van der Waals surface area contributed by atoms with Crippen molar-refractivity contribution in [2.45, 2.75) is 25.4 Å². The van der Waals surface area contributed by atoms with Gasteiger partial charge in [-0.3, -0.25) is 14.4 Å². The van der Waals surface area contributed by atoms with Crippen molar-refractivity contribution in [3.8, 4) is 11.3 Å². The Morgan fingerprint density at radius 3 is 2.46 bits per heavy atom. The van der Waals surface area contributed by atoms with E-state index in [0.29, 0.717) is 5.95 Å². The fourth-order valence-corrected chi connectivity index (χ4v) is 5.55. The molecule has 11 heteroatoms. The van der Waals surface area contributed by atoms with Crippen LogP contribution in [0.5, 0.6) is 0 Å². The fourth-order valence-electron chi connectivity index (χ4n) is 5.32. The Morgan fingerprint density at radius 2 is 1.78 bits per heavy atom. The number of nitrogens with zero attached hydrogens (tertiary/aromatic N) is 6. The van der Waals surface area contributed by atoms with Gasteiger partial charge < -0.3 is 20.9 Å². The third-order valence-corrected chi connectivity index (χ3v) is 7.88. The van der Waals surface area contributed by atoms with Crippen molar-refractivity contribution in [2.75, 3.05) is 48.3 Å². The molecule has 2 aliphatic rings. The highest BCUT2D eigenvalue weighted by atomic mass is 35.5. The summed E-state index contributed by atoms with van der Waals surface area (Å²) in [6.45, 7) is 5.48. The first-order valence-electron chi connectivity index (χ1n) is 14.0. The molecular weight excluding hydrogens is 538 g/mol. The van der Waals surface area contributed by atoms with Gasteiger partial charge in [0.15, 0.2) is 0 Å². The number of aryl methyl sites for hydroxylation is 1. The van der Waals surface area contributed by atoms with Gasteiger partial charge in [0, 0.05) is 74.8 Å². The molecule has 0 radical (unpaired) electrons. The number of nitrogens with one attached hydrogen (secondary N) is 3. The summed E-state index contributed by atoms with van der Waals surface area (Å²) < 4.78 is 1.76. The van der Waals surface area contributed by atoms with Crippen LogP contribution >= 0.6 is 11.6 Å². The largest absolute Gasteiger partial charge is 0.369 e. The van der Waals surface area contributed by atoms with E-state index in [4.69, 9.17) is 16.6 Å². The van der Waals surface area contributed by atoms with Crippen LogP contribution in [0.2, 0.25) is 5.02 Å². The van der Waals surface area contributed by atoms with Crippen LogP contribution in [-0.2, 0) is 18.4 Å². The molecule has 0 saturated carbocycles. The molecule has 1 amide bonds. The van der Waals surface area contributed by atoms with E-state index in [1.807, 2.05) is 43.6 Å². The Morgan fingerprint density at radius 1 is 1.02 bits per heavy atom. The summed E-state index contributed by atoms with van der Waals surface area (Å²) in [5.74, 6) is 0.546. The number of hydrogen-bond donors (Lipinski definition) is 3. The number of carbonyl (C=O) groups excluding carboxylic acids is 1. The molecule has 2 fully saturated rings. The second-order valence-corrected chi connectivity index (χ2v) is 10.9. The summed E-state index contributed by atoms with van der Waals surface area (Å²) in [4.78, 5) is 26.3. The standard InChI is InChI=1S/C30H34ClN9O/c1-38-19-25(31)28(37-38)20-39-15-17-40(18-16-39)24-10-8-23(9-11-24)35-30-33-14-12-26(36-30)21-4-6-22(7-5-21)34-29(41)27-3-2-13-32-27/h4-12,14,19,27,32H,2-3,13,15-18,20H2,1H3,(H,34,41)(H,33,35,36)/t27-/m1/s1. The molecule has 4 heterocycles. The molecule has 10 nitrogen and oxygen atoms in total. The predicted molar refractivity (Wildman–Crippen MR) is 163 cm³/mol. The third kappa shape index (κ3) is 6.67. The lowest BCUT2D eigenvalue weighted by Gasteiger charge is -2.35. The molecule has 0 unspecified atom stereocenters. The van der Waals surface area contributed by atoms with Crippen molar-refractivity contribution in [2.24, 2.45) is 7.05 Å². The first kappa shape index (κ1) is 27.2. The van der Waals surface area contributed by atoms with Crippen molar-refractivity contribution in [3.63, 3.8) is 0 Å². The average Bonchev–Trinajstić information content (AvgIpc) is 3.64. The number of amides is 1. The highest BCUT2D eigenvalue weighted by Gasteiger charge is 2.22. The number of halogens is 1. The first-order valence-corrected chi connectivity index (χ1v) is 14.4. The van der Waals surface area contributed by atoms with E-state index in [0.717, 1.165) is 85.5 Å². The van der Waals surface area contributed by atoms with E-state index in [1.165, 1.54) is 5.69 Å². The van der Waals surface area contributed by atoms with Gasteiger partial charge in [-0.15, -0.1) is 0 Å². The van der Waals surface area contributed by atoms with E-state index in [2.05, 4.69) is 60.1 Å². The van der Waals surface area contributed by atoms with Gasteiger partial charge >= 0.3 is 0 Å². The summed E-state index contributed by atoms with van der Waals surface area (Å²) in [6.07, 6.45) is 5.51. The lowest BCUT2D eigenvalue weighted by molar-refractivity contribution is -0.117. The molecule has 6 rings (SSSR count). The van der Waals surface area contributed by atoms with Crippen LogP contribution in [0, 0.1) is 0 Å². The summed E-state index contributed by atoms with van der Waals surface area (Å²) >= 11 is 6.29. The Balaban J connectivity index is 1.03. The number of anilines is 4. The summed E-state index contributed by atoms with van der Waals surface area (Å²) in [5, 5.41) is 14.7. The van der Waals surface area contributed by atoms with E-state index < -0.39 is 0 Å². The average molecular weight is 572 g/mol. The van der Waals surface area contributed by atoms with Gasteiger partial charge in [-0.2, -0.15) is 5.10 Å². The van der Waals surface area contributed by atoms with Gasteiger partial charge in [0.25, 0.3) is 0 Å². The van der Waals surface area contributed by atoms with Gasteiger partial charge in [-0.05, 0) is 61.9 Å². The smallest absolute Gasteiger partial charge is 0.241 e. The van der Waals surface area contributed by atoms with Gasteiger partial charge in [-0.1, -0.05) is 23.7 Å². The van der Waals surface area contributed by atoms with Crippen LogP contribution < -0.4 is 20.9 Å².